The van der Waals surface area contributed by atoms with Crippen LogP contribution in [0.4, 0.5) is 10.5 Å². The van der Waals surface area contributed by atoms with Gasteiger partial charge in [-0.2, -0.15) is 0 Å². The van der Waals surface area contributed by atoms with Gasteiger partial charge < -0.3 is 15.8 Å². The van der Waals surface area contributed by atoms with Gasteiger partial charge in [-0.1, -0.05) is 6.07 Å². The minimum atomic E-state index is -3.69. The average molecular weight is 273 g/mol. The van der Waals surface area contributed by atoms with Crippen LogP contribution in [-0.2, 0) is 10.0 Å². The van der Waals surface area contributed by atoms with Gasteiger partial charge in [0.25, 0.3) is 0 Å². The molecule has 1 rings (SSSR count). The summed E-state index contributed by atoms with van der Waals surface area (Å²) in [5.41, 5.74) is 6.06. The van der Waals surface area contributed by atoms with E-state index in [-0.39, 0.29) is 12.4 Å². The van der Waals surface area contributed by atoms with Crippen LogP contribution >= 0.6 is 0 Å². The molecule has 0 aliphatic heterocycles. The molecule has 0 spiro atoms. The van der Waals surface area contributed by atoms with E-state index >= 15 is 0 Å². The number of sulfonamides is 1. The SMILES string of the molecule is CNC(=O)NS(=O)(=O)CCOc1cccc(N)c1. The molecule has 0 saturated carbocycles. The van der Waals surface area contributed by atoms with E-state index < -0.39 is 16.1 Å². The molecule has 100 valence electrons. The van der Waals surface area contributed by atoms with Crippen molar-refractivity contribution in [1.82, 2.24) is 10.0 Å². The number of nitrogens with two attached hydrogens (primary N) is 1. The highest BCUT2D eigenvalue weighted by Gasteiger charge is 2.13. The smallest absolute Gasteiger partial charge is 0.328 e. The second-order valence-electron chi connectivity index (χ2n) is 3.42. The lowest BCUT2D eigenvalue weighted by atomic mass is 10.3. The summed E-state index contributed by atoms with van der Waals surface area (Å²) in [6.45, 7) is -0.0736. The lowest BCUT2D eigenvalue weighted by Crippen LogP contribution is -2.39. The average Bonchev–Trinajstić information content (AvgIpc) is 2.28. The number of nitrogens with one attached hydrogen (secondary N) is 2. The van der Waals surface area contributed by atoms with Crippen LogP contribution in [0.15, 0.2) is 24.3 Å². The van der Waals surface area contributed by atoms with Crippen LogP contribution in [0, 0.1) is 0 Å². The molecular weight excluding hydrogens is 258 g/mol. The Kier molecular flexibility index (Phi) is 4.78. The third-order valence-corrected chi connectivity index (χ3v) is 3.15. The fourth-order valence-electron chi connectivity index (χ4n) is 1.12. The first-order valence-corrected chi connectivity index (χ1v) is 6.79. The third kappa shape index (κ3) is 4.91. The van der Waals surface area contributed by atoms with Gasteiger partial charge in [-0.3, -0.25) is 0 Å². The summed E-state index contributed by atoms with van der Waals surface area (Å²) in [5, 5.41) is 2.15. The number of hydrogen-bond donors (Lipinski definition) is 3. The van der Waals surface area contributed by atoms with Gasteiger partial charge in [0.15, 0.2) is 0 Å². The van der Waals surface area contributed by atoms with Crippen LogP contribution in [0.3, 0.4) is 0 Å². The summed E-state index contributed by atoms with van der Waals surface area (Å²) in [5.74, 6) is 0.153. The maximum Gasteiger partial charge on any atom is 0.328 e. The molecule has 0 aromatic heterocycles. The zero-order chi connectivity index (χ0) is 13.6. The Morgan fingerprint density at radius 2 is 2.17 bits per heavy atom. The van der Waals surface area contributed by atoms with Crippen LogP contribution < -0.4 is 20.5 Å². The molecule has 7 nitrogen and oxygen atoms in total. The van der Waals surface area contributed by atoms with Crippen molar-refractivity contribution in [2.75, 3.05) is 25.1 Å². The van der Waals surface area contributed by atoms with Crippen LogP contribution in [0.25, 0.3) is 0 Å². The molecule has 0 bridgehead atoms. The van der Waals surface area contributed by atoms with Crippen molar-refractivity contribution in [2.45, 2.75) is 0 Å². The van der Waals surface area contributed by atoms with Crippen LogP contribution in [0.1, 0.15) is 0 Å². The first kappa shape index (κ1) is 14.1. The largest absolute Gasteiger partial charge is 0.492 e. The number of carbonyl (C=O) groups is 1. The Balaban J connectivity index is 2.44. The van der Waals surface area contributed by atoms with E-state index in [0.29, 0.717) is 11.4 Å². The molecule has 0 saturated heterocycles. The number of rotatable bonds is 5. The predicted octanol–water partition coefficient (Wildman–Crippen LogP) is -0.0936. The normalized spacial score (nSPS) is 10.7. The minimum Gasteiger partial charge on any atom is -0.492 e. The van der Waals surface area contributed by atoms with Crippen molar-refractivity contribution < 1.29 is 17.9 Å². The Labute approximate surface area is 105 Å². The summed E-state index contributed by atoms with van der Waals surface area (Å²) in [4.78, 5) is 10.8. The van der Waals surface area contributed by atoms with Gasteiger partial charge in [-0.25, -0.2) is 17.9 Å². The Morgan fingerprint density at radius 3 is 2.78 bits per heavy atom. The number of ether oxygens (including phenoxy) is 1. The molecule has 0 radical (unpaired) electrons. The fraction of sp³-hybridized carbons (Fsp3) is 0.300. The monoisotopic (exact) mass is 273 g/mol. The zero-order valence-corrected chi connectivity index (χ0v) is 10.7. The van der Waals surface area contributed by atoms with Gasteiger partial charge in [0.05, 0.1) is 0 Å². The van der Waals surface area contributed by atoms with Crippen molar-refractivity contribution >= 4 is 21.7 Å². The van der Waals surface area contributed by atoms with Crippen molar-refractivity contribution in [1.29, 1.82) is 0 Å². The lowest BCUT2D eigenvalue weighted by Gasteiger charge is -2.08. The van der Waals surface area contributed by atoms with E-state index in [1.165, 1.54) is 7.05 Å². The summed E-state index contributed by atoms with van der Waals surface area (Å²) in [6, 6.07) is 5.85. The molecule has 1 aromatic rings. The zero-order valence-electron chi connectivity index (χ0n) is 9.84. The second kappa shape index (κ2) is 6.10. The number of nitrogen functional groups attached to an aromatic ring is 1. The van der Waals surface area contributed by atoms with Crippen molar-refractivity contribution in [2.24, 2.45) is 0 Å². The van der Waals surface area contributed by atoms with E-state index in [9.17, 15) is 13.2 Å². The summed E-state index contributed by atoms with van der Waals surface area (Å²) < 4.78 is 29.8. The second-order valence-corrected chi connectivity index (χ2v) is 5.26. The number of anilines is 1. The number of carbonyl (C=O) groups excluding carboxylic acids is 1. The first-order chi connectivity index (χ1) is 8.43. The van der Waals surface area contributed by atoms with E-state index in [4.69, 9.17) is 10.5 Å². The fourth-order valence-corrected chi connectivity index (χ4v) is 1.91. The molecule has 2 amide bonds. The van der Waals surface area contributed by atoms with Gasteiger partial charge in [-0.15, -0.1) is 0 Å². The first-order valence-electron chi connectivity index (χ1n) is 5.13. The van der Waals surface area contributed by atoms with Crippen molar-refractivity contribution in [3.63, 3.8) is 0 Å². The highest BCUT2D eigenvalue weighted by Crippen LogP contribution is 2.14. The van der Waals surface area contributed by atoms with Crippen LogP contribution in [0.2, 0.25) is 0 Å². The summed E-state index contributed by atoms with van der Waals surface area (Å²) >= 11 is 0. The molecule has 4 N–H and O–H groups in total. The van der Waals surface area contributed by atoms with E-state index in [2.05, 4.69) is 5.32 Å². The molecule has 0 aliphatic rings. The van der Waals surface area contributed by atoms with Crippen molar-refractivity contribution in [3.8, 4) is 5.75 Å². The molecule has 18 heavy (non-hydrogen) atoms. The molecule has 0 heterocycles. The van der Waals surface area contributed by atoms with Crippen LogP contribution in [0.5, 0.6) is 5.75 Å². The Hall–Kier alpha value is -1.96. The quantitative estimate of drug-likeness (QED) is 0.649. The Bertz CT molecular complexity index is 516. The minimum absolute atomic E-state index is 0.0736. The molecule has 0 atom stereocenters. The molecule has 0 aliphatic carbocycles. The number of hydrogen-bond acceptors (Lipinski definition) is 5. The molecule has 1 aromatic carbocycles. The predicted molar refractivity (Wildman–Crippen MR) is 67.7 cm³/mol. The number of benzene rings is 1. The molecule has 0 fully saturated rings. The van der Waals surface area contributed by atoms with E-state index in [1.807, 2.05) is 4.72 Å². The van der Waals surface area contributed by atoms with Gasteiger partial charge in [-0.05, 0) is 12.1 Å². The summed E-state index contributed by atoms with van der Waals surface area (Å²) in [6.07, 6.45) is 0. The third-order valence-electron chi connectivity index (χ3n) is 1.95. The molecule has 0 unspecified atom stereocenters. The maximum atomic E-state index is 11.4. The lowest BCUT2D eigenvalue weighted by molar-refractivity contribution is 0.247. The van der Waals surface area contributed by atoms with E-state index in [0.717, 1.165) is 0 Å². The number of amides is 2. The van der Waals surface area contributed by atoms with E-state index in [1.54, 1.807) is 24.3 Å². The van der Waals surface area contributed by atoms with Gasteiger partial charge >= 0.3 is 6.03 Å². The Morgan fingerprint density at radius 1 is 1.44 bits per heavy atom. The summed E-state index contributed by atoms with van der Waals surface area (Å²) in [7, 11) is -2.36. The van der Waals surface area contributed by atoms with Crippen LogP contribution in [-0.4, -0.2) is 33.9 Å². The standard InChI is InChI=1S/C10H15N3O4S/c1-12-10(14)13-18(15,16)6-5-17-9-4-2-3-8(11)7-9/h2-4,7H,5-6,11H2,1H3,(H2,12,13,14). The van der Waals surface area contributed by atoms with Gasteiger partial charge in [0.2, 0.25) is 10.0 Å². The van der Waals surface area contributed by atoms with Gasteiger partial charge in [0, 0.05) is 18.8 Å². The number of urea groups is 1. The topological polar surface area (TPSA) is 111 Å². The highest BCUT2D eigenvalue weighted by atomic mass is 32.2. The highest BCUT2D eigenvalue weighted by molar-refractivity contribution is 7.90. The molecular formula is C10H15N3O4S. The van der Waals surface area contributed by atoms with Crippen molar-refractivity contribution in [3.05, 3.63) is 24.3 Å². The van der Waals surface area contributed by atoms with Gasteiger partial charge in [0.1, 0.15) is 18.1 Å². The maximum absolute atomic E-state index is 11.4. The molecule has 8 heteroatoms.